The average molecular weight is 254 g/mol. The van der Waals surface area contributed by atoms with E-state index in [1.54, 1.807) is 0 Å². The van der Waals surface area contributed by atoms with E-state index < -0.39 is 0 Å². The third-order valence-electron chi connectivity index (χ3n) is 4.28. The molecule has 4 nitrogen and oxygen atoms in total. The molecule has 2 aliphatic rings. The van der Waals surface area contributed by atoms with Gasteiger partial charge in [0.05, 0.1) is 6.61 Å². The van der Waals surface area contributed by atoms with Crippen molar-refractivity contribution in [3.05, 3.63) is 0 Å². The summed E-state index contributed by atoms with van der Waals surface area (Å²) in [5, 5.41) is 0. The highest BCUT2D eigenvalue weighted by Gasteiger charge is 2.33. The van der Waals surface area contributed by atoms with Gasteiger partial charge in [0.15, 0.2) is 0 Å². The summed E-state index contributed by atoms with van der Waals surface area (Å²) in [6.07, 6.45) is 5.89. The normalized spacial score (nSPS) is 27.4. The summed E-state index contributed by atoms with van der Waals surface area (Å²) in [6, 6.07) is 0. The molecule has 2 aliphatic carbocycles. The van der Waals surface area contributed by atoms with Crippen LogP contribution < -0.4 is 5.73 Å². The Labute approximate surface area is 110 Å². The summed E-state index contributed by atoms with van der Waals surface area (Å²) in [4.78, 5) is 14.1. The lowest BCUT2D eigenvalue weighted by atomic mass is 9.95. The minimum atomic E-state index is 0.156. The summed E-state index contributed by atoms with van der Waals surface area (Å²) < 4.78 is 5.58. The van der Waals surface area contributed by atoms with Gasteiger partial charge in [-0.2, -0.15) is 0 Å². The molecule has 0 unspecified atom stereocenters. The number of hydrogen-bond donors (Lipinski definition) is 1. The van der Waals surface area contributed by atoms with Crippen LogP contribution in [0.4, 0.5) is 0 Å². The molecule has 2 fully saturated rings. The van der Waals surface area contributed by atoms with Gasteiger partial charge < -0.3 is 15.4 Å². The minimum Gasteiger partial charge on any atom is -0.379 e. The van der Waals surface area contributed by atoms with E-state index >= 15 is 0 Å². The minimum absolute atomic E-state index is 0.156. The Bertz CT molecular complexity index is 279. The van der Waals surface area contributed by atoms with Crippen molar-refractivity contribution in [3.8, 4) is 0 Å². The first-order chi connectivity index (χ1) is 8.72. The van der Waals surface area contributed by atoms with Gasteiger partial charge in [0.2, 0.25) is 5.91 Å². The fourth-order valence-corrected chi connectivity index (χ4v) is 2.77. The molecule has 0 aliphatic heterocycles. The number of hydrogen-bond acceptors (Lipinski definition) is 3. The van der Waals surface area contributed by atoms with Crippen molar-refractivity contribution in [2.45, 2.75) is 32.1 Å². The van der Waals surface area contributed by atoms with Crippen molar-refractivity contribution < 1.29 is 9.53 Å². The first kappa shape index (κ1) is 13.8. The summed E-state index contributed by atoms with van der Waals surface area (Å²) in [6.45, 7) is 2.89. The number of nitrogens with zero attached hydrogens (tertiary/aromatic N) is 1. The van der Waals surface area contributed by atoms with Crippen LogP contribution in [0.3, 0.4) is 0 Å². The van der Waals surface area contributed by atoms with E-state index in [-0.39, 0.29) is 11.8 Å². The first-order valence-corrected chi connectivity index (χ1v) is 7.25. The zero-order valence-electron chi connectivity index (χ0n) is 11.4. The lowest BCUT2D eigenvalue weighted by molar-refractivity contribution is -0.135. The molecule has 0 heterocycles. The molecule has 0 radical (unpaired) electrons. The summed E-state index contributed by atoms with van der Waals surface area (Å²) in [5.74, 6) is 1.61. The average Bonchev–Trinajstić information content (AvgIpc) is 3.08. The van der Waals surface area contributed by atoms with Crippen LogP contribution >= 0.6 is 0 Å². The molecule has 0 saturated heterocycles. The summed E-state index contributed by atoms with van der Waals surface area (Å²) in [5.41, 5.74) is 5.73. The van der Waals surface area contributed by atoms with E-state index in [0.717, 1.165) is 31.8 Å². The van der Waals surface area contributed by atoms with Crippen molar-refractivity contribution in [2.24, 2.45) is 23.5 Å². The molecule has 104 valence electrons. The molecule has 2 N–H and O–H groups in total. The Morgan fingerprint density at radius 1 is 1.33 bits per heavy atom. The lowest BCUT2D eigenvalue weighted by Gasteiger charge is -2.24. The predicted octanol–water partition coefficient (Wildman–Crippen LogP) is 1.25. The molecule has 0 spiro atoms. The lowest BCUT2D eigenvalue weighted by Crippen LogP contribution is -2.38. The van der Waals surface area contributed by atoms with Gasteiger partial charge in [-0.1, -0.05) is 6.42 Å². The van der Waals surface area contributed by atoms with E-state index in [0.29, 0.717) is 25.6 Å². The van der Waals surface area contributed by atoms with Crippen molar-refractivity contribution in [3.63, 3.8) is 0 Å². The van der Waals surface area contributed by atoms with E-state index in [1.165, 1.54) is 12.8 Å². The molecule has 0 aromatic carbocycles. The first-order valence-electron chi connectivity index (χ1n) is 7.25. The summed E-state index contributed by atoms with van der Waals surface area (Å²) in [7, 11) is 1.88. The molecule has 2 saturated carbocycles. The van der Waals surface area contributed by atoms with Gasteiger partial charge >= 0.3 is 0 Å². The van der Waals surface area contributed by atoms with E-state index in [4.69, 9.17) is 10.5 Å². The van der Waals surface area contributed by atoms with Crippen molar-refractivity contribution >= 4 is 5.91 Å². The number of carbonyl (C=O) groups is 1. The van der Waals surface area contributed by atoms with Crippen LogP contribution in [0.5, 0.6) is 0 Å². The van der Waals surface area contributed by atoms with Gasteiger partial charge in [-0.25, -0.2) is 0 Å². The van der Waals surface area contributed by atoms with Crippen molar-refractivity contribution in [1.82, 2.24) is 4.90 Å². The zero-order chi connectivity index (χ0) is 13.0. The Kier molecular flexibility index (Phi) is 5.01. The Morgan fingerprint density at radius 3 is 2.78 bits per heavy atom. The van der Waals surface area contributed by atoms with Crippen LogP contribution in [0.1, 0.15) is 32.1 Å². The second-order valence-electron chi connectivity index (χ2n) is 5.81. The van der Waals surface area contributed by atoms with Crippen molar-refractivity contribution in [1.29, 1.82) is 0 Å². The van der Waals surface area contributed by atoms with E-state index in [9.17, 15) is 4.79 Å². The number of amides is 1. The van der Waals surface area contributed by atoms with Crippen LogP contribution in [-0.2, 0) is 9.53 Å². The van der Waals surface area contributed by atoms with Crippen LogP contribution in [0.15, 0.2) is 0 Å². The molecule has 0 bridgehead atoms. The monoisotopic (exact) mass is 254 g/mol. The predicted molar refractivity (Wildman–Crippen MR) is 71.1 cm³/mol. The van der Waals surface area contributed by atoms with Gasteiger partial charge in [0.25, 0.3) is 0 Å². The molecule has 0 aromatic rings. The molecule has 18 heavy (non-hydrogen) atoms. The number of ether oxygens (including phenoxy) is 1. The molecule has 1 amide bonds. The van der Waals surface area contributed by atoms with Crippen molar-refractivity contribution in [2.75, 3.05) is 33.4 Å². The second kappa shape index (κ2) is 6.53. The molecule has 4 heteroatoms. The molecule has 2 atom stereocenters. The Balaban J connectivity index is 1.66. The number of nitrogens with two attached hydrogens (primary N) is 1. The second-order valence-corrected chi connectivity index (χ2v) is 5.81. The van der Waals surface area contributed by atoms with Gasteiger partial charge in [-0.3, -0.25) is 4.79 Å². The Morgan fingerprint density at radius 2 is 2.11 bits per heavy atom. The molecule has 2 rings (SSSR count). The third kappa shape index (κ3) is 3.69. The molecular formula is C14H26N2O2. The van der Waals surface area contributed by atoms with Crippen LogP contribution in [-0.4, -0.2) is 44.2 Å². The maximum atomic E-state index is 12.3. The Hall–Kier alpha value is -0.610. The maximum Gasteiger partial charge on any atom is 0.225 e. The van der Waals surface area contributed by atoms with E-state index in [2.05, 4.69) is 0 Å². The number of carbonyl (C=O) groups excluding carboxylic acids is 1. The molecular weight excluding hydrogens is 228 g/mol. The maximum absolute atomic E-state index is 12.3. The van der Waals surface area contributed by atoms with Crippen LogP contribution in [0.2, 0.25) is 0 Å². The number of rotatable bonds is 7. The standard InChI is InChI=1S/C14H26N2O2/c1-16(7-8-18-10-11-5-6-11)14(17)13-4-2-3-12(13)9-15/h11-13H,2-10,15H2,1H3/t12-,13-/m1/s1. The quantitative estimate of drug-likeness (QED) is 0.696. The topological polar surface area (TPSA) is 55.6 Å². The van der Waals surface area contributed by atoms with Gasteiger partial charge in [-0.05, 0) is 44.1 Å². The van der Waals surface area contributed by atoms with Crippen LogP contribution in [0, 0.1) is 17.8 Å². The highest BCUT2D eigenvalue weighted by molar-refractivity contribution is 5.79. The van der Waals surface area contributed by atoms with E-state index in [1.807, 2.05) is 11.9 Å². The van der Waals surface area contributed by atoms with Gasteiger partial charge in [0.1, 0.15) is 0 Å². The van der Waals surface area contributed by atoms with Crippen LogP contribution in [0.25, 0.3) is 0 Å². The highest BCUT2D eigenvalue weighted by Crippen LogP contribution is 2.32. The summed E-state index contributed by atoms with van der Waals surface area (Å²) >= 11 is 0. The smallest absolute Gasteiger partial charge is 0.225 e. The fraction of sp³-hybridized carbons (Fsp3) is 0.929. The highest BCUT2D eigenvalue weighted by atomic mass is 16.5. The number of likely N-dealkylation sites (N-methyl/N-ethyl adjacent to an activating group) is 1. The molecule has 0 aromatic heterocycles. The van der Waals surface area contributed by atoms with Gasteiger partial charge in [0, 0.05) is 26.1 Å². The SMILES string of the molecule is CN(CCOCC1CC1)C(=O)[C@@H]1CCC[C@@H]1CN. The fourth-order valence-electron chi connectivity index (χ4n) is 2.77. The zero-order valence-corrected chi connectivity index (χ0v) is 11.4. The largest absolute Gasteiger partial charge is 0.379 e. The van der Waals surface area contributed by atoms with Gasteiger partial charge in [-0.15, -0.1) is 0 Å². The third-order valence-corrected chi connectivity index (χ3v) is 4.28.